The molecule has 1 atom stereocenters. The highest BCUT2D eigenvalue weighted by Crippen LogP contribution is 2.26. The second kappa shape index (κ2) is 6.30. The monoisotopic (exact) mass is 325 g/mol. The first-order chi connectivity index (χ1) is 9.13. The Morgan fingerprint density at radius 2 is 2.26 bits per heavy atom. The second-order valence-electron chi connectivity index (χ2n) is 4.48. The van der Waals surface area contributed by atoms with Crippen molar-refractivity contribution in [2.45, 2.75) is 19.4 Å². The van der Waals surface area contributed by atoms with Gasteiger partial charge in [-0.15, -0.1) is 0 Å². The van der Waals surface area contributed by atoms with Gasteiger partial charge in [-0.25, -0.2) is 9.37 Å². The van der Waals surface area contributed by atoms with Gasteiger partial charge in [0.2, 0.25) is 0 Å². The van der Waals surface area contributed by atoms with Gasteiger partial charge in [0.25, 0.3) is 0 Å². The molecule has 0 saturated heterocycles. The van der Waals surface area contributed by atoms with Crippen LogP contribution in [0.15, 0.2) is 35.2 Å². The van der Waals surface area contributed by atoms with Gasteiger partial charge in [0.15, 0.2) is 0 Å². The van der Waals surface area contributed by atoms with E-state index in [1.807, 2.05) is 17.7 Å². The zero-order valence-corrected chi connectivity index (χ0v) is 12.6. The van der Waals surface area contributed by atoms with E-state index in [9.17, 15) is 4.39 Å². The number of hydrogen-bond donors (Lipinski definition) is 1. The first-order valence-electron chi connectivity index (χ1n) is 6.28. The van der Waals surface area contributed by atoms with E-state index in [0.717, 1.165) is 23.1 Å². The molecule has 2 aromatic rings. The van der Waals surface area contributed by atoms with Crippen molar-refractivity contribution < 1.29 is 4.39 Å². The molecule has 5 heteroatoms. The van der Waals surface area contributed by atoms with E-state index in [4.69, 9.17) is 0 Å². The largest absolute Gasteiger partial charge is 0.336 e. The average Bonchev–Trinajstić information content (AvgIpc) is 2.80. The van der Waals surface area contributed by atoms with Crippen molar-refractivity contribution in [1.82, 2.24) is 14.9 Å². The van der Waals surface area contributed by atoms with E-state index in [1.165, 1.54) is 6.07 Å². The number of benzene rings is 1. The normalized spacial score (nSPS) is 12.6. The van der Waals surface area contributed by atoms with Crippen molar-refractivity contribution >= 4 is 15.9 Å². The zero-order valence-electron chi connectivity index (χ0n) is 11.0. The van der Waals surface area contributed by atoms with Crippen molar-refractivity contribution in [2.75, 3.05) is 6.54 Å². The summed E-state index contributed by atoms with van der Waals surface area (Å²) in [6.07, 6.45) is 4.49. The molecule has 0 aliphatic heterocycles. The third-order valence-electron chi connectivity index (χ3n) is 3.02. The Labute approximate surface area is 121 Å². The molecule has 19 heavy (non-hydrogen) atoms. The lowest BCUT2D eigenvalue weighted by atomic mass is 10.0. The molecule has 0 spiro atoms. The summed E-state index contributed by atoms with van der Waals surface area (Å²) in [5.74, 6) is -0.210. The molecule has 1 unspecified atom stereocenters. The van der Waals surface area contributed by atoms with Crippen LogP contribution in [0.1, 0.15) is 30.6 Å². The number of imidazole rings is 1. The predicted octanol–water partition coefficient (Wildman–Crippen LogP) is 3.41. The van der Waals surface area contributed by atoms with Gasteiger partial charge in [-0.1, -0.05) is 22.9 Å². The van der Waals surface area contributed by atoms with Gasteiger partial charge in [-0.2, -0.15) is 0 Å². The zero-order chi connectivity index (χ0) is 13.8. The van der Waals surface area contributed by atoms with Crippen molar-refractivity contribution in [2.24, 2.45) is 7.05 Å². The van der Waals surface area contributed by atoms with Crippen LogP contribution in [0.25, 0.3) is 0 Å². The van der Waals surface area contributed by atoms with Crippen LogP contribution in [0.4, 0.5) is 4.39 Å². The Balaban J connectivity index is 2.42. The van der Waals surface area contributed by atoms with Crippen LogP contribution >= 0.6 is 15.9 Å². The number of aromatic nitrogens is 2. The minimum atomic E-state index is -0.210. The van der Waals surface area contributed by atoms with Crippen molar-refractivity contribution in [3.05, 3.63) is 52.3 Å². The van der Waals surface area contributed by atoms with Gasteiger partial charge in [-0.05, 0) is 31.2 Å². The van der Waals surface area contributed by atoms with Crippen LogP contribution in [0.5, 0.6) is 0 Å². The Morgan fingerprint density at radius 1 is 1.47 bits per heavy atom. The van der Waals surface area contributed by atoms with E-state index in [0.29, 0.717) is 5.56 Å². The predicted molar refractivity (Wildman–Crippen MR) is 77.4 cm³/mol. The Bertz CT molecular complexity index is 553. The molecule has 1 N–H and O–H groups in total. The van der Waals surface area contributed by atoms with Crippen LogP contribution in [-0.2, 0) is 7.05 Å². The average molecular weight is 326 g/mol. The fourth-order valence-corrected chi connectivity index (χ4v) is 2.42. The maximum atomic E-state index is 14.1. The van der Waals surface area contributed by atoms with Crippen molar-refractivity contribution in [1.29, 1.82) is 0 Å². The number of halogens is 2. The number of hydrogen-bond acceptors (Lipinski definition) is 2. The second-order valence-corrected chi connectivity index (χ2v) is 5.40. The maximum absolute atomic E-state index is 14.1. The van der Waals surface area contributed by atoms with E-state index in [2.05, 4.69) is 33.2 Å². The van der Waals surface area contributed by atoms with Crippen LogP contribution in [-0.4, -0.2) is 16.1 Å². The van der Waals surface area contributed by atoms with Gasteiger partial charge >= 0.3 is 0 Å². The minimum absolute atomic E-state index is 0.190. The topological polar surface area (TPSA) is 29.9 Å². The molecule has 1 aromatic heterocycles. The summed E-state index contributed by atoms with van der Waals surface area (Å²) in [6.45, 7) is 2.91. The van der Waals surface area contributed by atoms with E-state index < -0.39 is 0 Å². The molecule has 1 aromatic carbocycles. The quantitative estimate of drug-likeness (QED) is 0.912. The molecule has 102 valence electrons. The van der Waals surface area contributed by atoms with Crippen LogP contribution in [0.2, 0.25) is 0 Å². The summed E-state index contributed by atoms with van der Waals surface area (Å²) in [5.41, 5.74) is 1.58. The number of aryl methyl sites for hydroxylation is 1. The molecule has 0 saturated carbocycles. The molecule has 1 heterocycles. The molecule has 0 aliphatic carbocycles. The van der Waals surface area contributed by atoms with E-state index in [-0.39, 0.29) is 11.9 Å². The molecule has 0 amide bonds. The lowest BCUT2D eigenvalue weighted by Gasteiger charge is -2.20. The standard InChI is InChI=1S/C14H17BrFN3/c1-3-6-18-14(13-8-17-9-19(13)2)11-7-10(15)4-5-12(11)16/h4-5,7-9,14,18H,3,6H2,1-2H3. The third kappa shape index (κ3) is 3.22. The highest BCUT2D eigenvalue weighted by atomic mass is 79.9. The van der Waals surface area contributed by atoms with E-state index in [1.54, 1.807) is 18.6 Å². The Kier molecular flexibility index (Phi) is 4.71. The number of nitrogens with zero attached hydrogens (tertiary/aromatic N) is 2. The van der Waals surface area contributed by atoms with Gasteiger partial charge in [0, 0.05) is 17.1 Å². The molecule has 2 rings (SSSR count). The summed E-state index contributed by atoms with van der Waals surface area (Å²) >= 11 is 3.40. The fourth-order valence-electron chi connectivity index (χ4n) is 2.04. The highest BCUT2D eigenvalue weighted by molar-refractivity contribution is 9.10. The van der Waals surface area contributed by atoms with Gasteiger partial charge in [0.1, 0.15) is 5.82 Å². The minimum Gasteiger partial charge on any atom is -0.336 e. The SMILES string of the molecule is CCCNC(c1cc(Br)ccc1F)c1cncn1C. The first-order valence-corrected chi connectivity index (χ1v) is 7.07. The van der Waals surface area contributed by atoms with Crippen molar-refractivity contribution in [3.63, 3.8) is 0 Å². The smallest absolute Gasteiger partial charge is 0.128 e. The van der Waals surface area contributed by atoms with Crippen LogP contribution in [0.3, 0.4) is 0 Å². The molecular weight excluding hydrogens is 309 g/mol. The third-order valence-corrected chi connectivity index (χ3v) is 3.51. The van der Waals surface area contributed by atoms with Crippen LogP contribution in [0, 0.1) is 5.82 Å². The molecule has 0 fully saturated rings. The summed E-state index contributed by atoms with van der Waals surface area (Å²) in [4.78, 5) is 4.12. The molecule has 3 nitrogen and oxygen atoms in total. The Morgan fingerprint density at radius 3 is 2.89 bits per heavy atom. The lowest BCUT2D eigenvalue weighted by Crippen LogP contribution is -2.25. The van der Waals surface area contributed by atoms with Gasteiger partial charge in [0.05, 0.1) is 24.3 Å². The molecule has 0 radical (unpaired) electrons. The highest BCUT2D eigenvalue weighted by Gasteiger charge is 2.20. The van der Waals surface area contributed by atoms with Gasteiger partial charge in [-0.3, -0.25) is 0 Å². The molecule has 0 aliphatic rings. The summed E-state index contributed by atoms with van der Waals surface area (Å²) in [6, 6.07) is 4.82. The van der Waals surface area contributed by atoms with Gasteiger partial charge < -0.3 is 9.88 Å². The fraction of sp³-hybridized carbons (Fsp3) is 0.357. The summed E-state index contributed by atoms with van der Waals surface area (Å²) in [5, 5.41) is 3.38. The number of nitrogens with one attached hydrogen (secondary N) is 1. The first kappa shape index (κ1) is 14.2. The lowest BCUT2D eigenvalue weighted by molar-refractivity contribution is 0.529. The maximum Gasteiger partial charge on any atom is 0.128 e. The Hall–Kier alpha value is -1.20. The summed E-state index contributed by atoms with van der Waals surface area (Å²) < 4.78 is 16.9. The summed E-state index contributed by atoms with van der Waals surface area (Å²) in [7, 11) is 1.92. The van der Waals surface area contributed by atoms with Crippen molar-refractivity contribution in [3.8, 4) is 0 Å². The number of rotatable bonds is 5. The molecular formula is C14H17BrFN3. The molecule has 0 bridgehead atoms. The van der Waals surface area contributed by atoms with E-state index >= 15 is 0 Å². The van der Waals surface area contributed by atoms with Crippen LogP contribution < -0.4 is 5.32 Å².